The lowest BCUT2D eigenvalue weighted by molar-refractivity contribution is 0.650. The lowest BCUT2D eigenvalue weighted by Gasteiger charge is -2.04. The molecule has 1 heterocycles. The maximum absolute atomic E-state index is 5.89. The molecule has 0 saturated heterocycles. The van der Waals surface area contributed by atoms with Gasteiger partial charge in [-0.2, -0.15) is 0 Å². The van der Waals surface area contributed by atoms with E-state index in [4.69, 9.17) is 11.6 Å². The minimum absolute atomic E-state index is 0.883. The first kappa shape index (κ1) is 13.6. The molecule has 0 saturated carbocycles. The smallest absolute Gasteiger partial charge is 0.0931 e. The molecule has 1 aromatic carbocycles. The van der Waals surface area contributed by atoms with Crippen LogP contribution in [0, 0.1) is 0 Å². The second-order valence-electron chi connectivity index (χ2n) is 4.29. The third-order valence-electron chi connectivity index (χ3n) is 2.84. The first-order valence-electron chi connectivity index (χ1n) is 6.33. The Morgan fingerprint density at radius 2 is 1.78 bits per heavy atom. The number of nitrogens with one attached hydrogen (secondary N) is 1. The number of thiophene rings is 1. The number of rotatable bonds is 7. The van der Waals surface area contributed by atoms with Crippen molar-refractivity contribution in [3.63, 3.8) is 0 Å². The van der Waals surface area contributed by atoms with Crippen molar-refractivity contribution in [1.82, 2.24) is 5.32 Å². The van der Waals surface area contributed by atoms with Crippen LogP contribution in [0.25, 0.3) is 0 Å². The molecule has 0 aliphatic rings. The van der Waals surface area contributed by atoms with Crippen LogP contribution in [-0.2, 0) is 12.8 Å². The standard InChI is InChI=1S/C15H18ClNS/c16-15-9-8-14(18-15)10-12-17-11-4-7-13-5-2-1-3-6-13/h1-3,5-6,8-9,17H,4,7,10-12H2. The molecule has 0 spiro atoms. The van der Waals surface area contributed by atoms with E-state index in [2.05, 4.69) is 41.7 Å². The second kappa shape index (κ2) is 7.57. The monoisotopic (exact) mass is 279 g/mol. The summed E-state index contributed by atoms with van der Waals surface area (Å²) in [6.45, 7) is 2.11. The molecule has 1 aromatic heterocycles. The van der Waals surface area contributed by atoms with Crippen molar-refractivity contribution >= 4 is 22.9 Å². The lowest BCUT2D eigenvalue weighted by Crippen LogP contribution is -2.18. The first-order valence-corrected chi connectivity index (χ1v) is 7.53. The summed E-state index contributed by atoms with van der Waals surface area (Å²) in [5.41, 5.74) is 1.42. The summed E-state index contributed by atoms with van der Waals surface area (Å²) in [4.78, 5) is 1.36. The largest absolute Gasteiger partial charge is 0.316 e. The zero-order valence-corrected chi connectivity index (χ0v) is 11.9. The number of benzene rings is 1. The molecule has 0 atom stereocenters. The fourth-order valence-corrected chi connectivity index (χ4v) is 2.97. The third-order valence-corrected chi connectivity index (χ3v) is 4.13. The quantitative estimate of drug-likeness (QED) is 0.750. The number of hydrogen-bond acceptors (Lipinski definition) is 2. The van der Waals surface area contributed by atoms with Gasteiger partial charge in [-0.05, 0) is 50.0 Å². The van der Waals surface area contributed by atoms with Gasteiger partial charge in [-0.3, -0.25) is 0 Å². The number of halogens is 1. The minimum Gasteiger partial charge on any atom is -0.316 e. The van der Waals surface area contributed by atoms with Crippen molar-refractivity contribution in [2.24, 2.45) is 0 Å². The normalized spacial score (nSPS) is 10.7. The summed E-state index contributed by atoms with van der Waals surface area (Å²) in [6, 6.07) is 14.7. The molecule has 96 valence electrons. The Kier molecular flexibility index (Phi) is 5.72. The molecular weight excluding hydrogens is 262 g/mol. The first-order chi connectivity index (χ1) is 8.84. The number of hydrogen-bond donors (Lipinski definition) is 1. The molecule has 0 aliphatic carbocycles. The van der Waals surface area contributed by atoms with Gasteiger partial charge in [0.1, 0.15) is 0 Å². The molecule has 0 aliphatic heterocycles. The van der Waals surface area contributed by atoms with Crippen molar-refractivity contribution in [3.8, 4) is 0 Å². The Morgan fingerprint density at radius 1 is 0.944 bits per heavy atom. The summed E-state index contributed by atoms with van der Waals surface area (Å²) in [6.07, 6.45) is 3.41. The molecule has 1 nitrogen and oxygen atoms in total. The highest BCUT2D eigenvalue weighted by molar-refractivity contribution is 7.16. The van der Waals surface area contributed by atoms with Gasteiger partial charge in [0, 0.05) is 4.88 Å². The molecule has 2 aromatic rings. The molecular formula is C15H18ClNS. The van der Waals surface area contributed by atoms with E-state index in [0.29, 0.717) is 0 Å². The van der Waals surface area contributed by atoms with Gasteiger partial charge in [0.15, 0.2) is 0 Å². The van der Waals surface area contributed by atoms with Crippen molar-refractivity contribution in [3.05, 3.63) is 57.2 Å². The van der Waals surface area contributed by atoms with Gasteiger partial charge in [-0.25, -0.2) is 0 Å². The molecule has 3 heteroatoms. The highest BCUT2D eigenvalue weighted by atomic mass is 35.5. The van der Waals surface area contributed by atoms with Gasteiger partial charge < -0.3 is 5.32 Å². The van der Waals surface area contributed by atoms with E-state index >= 15 is 0 Å². The summed E-state index contributed by atoms with van der Waals surface area (Å²) >= 11 is 7.56. The highest BCUT2D eigenvalue weighted by Gasteiger charge is 1.97. The van der Waals surface area contributed by atoms with Gasteiger partial charge in [0.25, 0.3) is 0 Å². The van der Waals surface area contributed by atoms with Crippen LogP contribution in [0.3, 0.4) is 0 Å². The predicted octanol–water partition coefficient (Wildman–Crippen LogP) is 4.17. The van der Waals surface area contributed by atoms with Gasteiger partial charge in [0.2, 0.25) is 0 Å². The maximum Gasteiger partial charge on any atom is 0.0931 e. The van der Waals surface area contributed by atoms with Gasteiger partial charge in [0.05, 0.1) is 4.34 Å². The Labute approximate surface area is 118 Å². The average molecular weight is 280 g/mol. The fourth-order valence-electron chi connectivity index (χ4n) is 1.88. The highest BCUT2D eigenvalue weighted by Crippen LogP contribution is 2.21. The molecule has 2 rings (SSSR count). The summed E-state index contributed by atoms with van der Waals surface area (Å²) in [5, 5.41) is 3.48. The van der Waals surface area contributed by atoms with Crippen LogP contribution in [-0.4, -0.2) is 13.1 Å². The minimum atomic E-state index is 0.883. The van der Waals surface area contributed by atoms with E-state index in [0.717, 1.165) is 30.3 Å². The van der Waals surface area contributed by atoms with Crippen molar-refractivity contribution in [2.45, 2.75) is 19.3 Å². The van der Waals surface area contributed by atoms with Crippen molar-refractivity contribution in [1.29, 1.82) is 0 Å². The van der Waals surface area contributed by atoms with Crippen molar-refractivity contribution in [2.75, 3.05) is 13.1 Å². The molecule has 1 N–H and O–H groups in total. The average Bonchev–Trinajstić information content (AvgIpc) is 2.81. The number of aryl methyl sites for hydroxylation is 1. The summed E-state index contributed by atoms with van der Waals surface area (Å²) < 4.78 is 0.883. The van der Waals surface area contributed by atoms with Crippen LogP contribution in [0.5, 0.6) is 0 Å². The van der Waals surface area contributed by atoms with Gasteiger partial charge in [-0.1, -0.05) is 41.9 Å². The lowest BCUT2D eigenvalue weighted by atomic mass is 10.1. The summed E-state index contributed by atoms with van der Waals surface area (Å²) in [7, 11) is 0. The van der Waals surface area contributed by atoms with Gasteiger partial charge in [-0.15, -0.1) is 11.3 Å². The molecule has 0 fully saturated rings. The van der Waals surface area contributed by atoms with Crippen LogP contribution in [0.2, 0.25) is 4.34 Å². The second-order valence-corrected chi connectivity index (χ2v) is 6.09. The zero-order valence-electron chi connectivity index (χ0n) is 10.4. The van der Waals surface area contributed by atoms with Crippen LogP contribution in [0.15, 0.2) is 42.5 Å². The van der Waals surface area contributed by atoms with Crippen LogP contribution >= 0.6 is 22.9 Å². The maximum atomic E-state index is 5.89. The molecule has 0 amide bonds. The van der Waals surface area contributed by atoms with Crippen molar-refractivity contribution < 1.29 is 0 Å². The van der Waals surface area contributed by atoms with Crippen LogP contribution in [0.1, 0.15) is 16.9 Å². The predicted molar refractivity (Wildman–Crippen MR) is 80.7 cm³/mol. The Morgan fingerprint density at radius 3 is 2.50 bits per heavy atom. The SMILES string of the molecule is Clc1ccc(CCNCCCc2ccccc2)s1. The van der Waals surface area contributed by atoms with Crippen LogP contribution < -0.4 is 5.32 Å². The zero-order chi connectivity index (χ0) is 12.6. The topological polar surface area (TPSA) is 12.0 Å². The Balaban J connectivity index is 1.54. The Hall–Kier alpha value is -0.830. The van der Waals surface area contributed by atoms with Crippen LogP contribution in [0.4, 0.5) is 0 Å². The van der Waals surface area contributed by atoms with E-state index in [9.17, 15) is 0 Å². The summed E-state index contributed by atoms with van der Waals surface area (Å²) in [5.74, 6) is 0. The van der Waals surface area contributed by atoms with E-state index in [1.807, 2.05) is 6.07 Å². The Bertz CT molecular complexity index is 453. The third kappa shape index (κ3) is 4.81. The van der Waals surface area contributed by atoms with Gasteiger partial charge >= 0.3 is 0 Å². The van der Waals surface area contributed by atoms with E-state index in [-0.39, 0.29) is 0 Å². The van der Waals surface area contributed by atoms with E-state index in [1.165, 1.54) is 16.9 Å². The molecule has 0 bridgehead atoms. The molecule has 18 heavy (non-hydrogen) atoms. The fraction of sp³-hybridized carbons (Fsp3) is 0.333. The van der Waals surface area contributed by atoms with E-state index < -0.39 is 0 Å². The molecule has 0 radical (unpaired) electrons. The van der Waals surface area contributed by atoms with E-state index in [1.54, 1.807) is 11.3 Å². The molecule has 0 unspecified atom stereocenters.